The number of benzene rings is 1. The van der Waals surface area contributed by atoms with Crippen molar-refractivity contribution in [3.63, 3.8) is 0 Å². The van der Waals surface area contributed by atoms with E-state index >= 15 is 0 Å². The predicted molar refractivity (Wildman–Crippen MR) is 95.1 cm³/mol. The van der Waals surface area contributed by atoms with Gasteiger partial charge in [-0.3, -0.25) is 0 Å². The fraction of sp³-hybridized carbons (Fsp3) is 0.500. The third-order valence-corrected chi connectivity index (χ3v) is 4.69. The molecule has 1 aromatic heterocycles. The number of rotatable bonds is 3. The SMILES string of the molecule is Cc1cc(C)cc(Nc2nncc(N3CCC4(CC3)OCCO4)n2)c1. The van der Waals surface area contributed by atoms with Crippen LogP contribution in [0.15, 0.2) is 24.4 Å². The highest BCUT2D eigenvalue weighted by Gasteiger charge is 2.40. The summed E-state index contributed by atoms with van der Waals surface area (Å²) in [5, 5.41) is 11.5. The second-order valence-electron chi connectivity index (χ2n) is 6.73. The molecule has 1 N–H and O–H groups in total. The van der Waals surface area contributed by atoms with Crippen molar-refractivity contribution in [1.82, 2.24) is 15.2 Å². The Bertz CT molecular complexity index is 731. The second kappa shape index (κ2) is 6.57. The maximum Gasteiger partial charge on any atom is 0.249 e. The Morgan fingerprint density at radius 3 is 2.40 bits per heavy atom. The van der Waals surface area contributed by atoms with Crippen LogP contribution in [-0.4, -0.2) is 47.3 Å². The molecule has 0 saturated carbocycles. The molecule has 25 heavy (non-hydrogen) atoms. The molecular formula is C18H23N5O2. The Labute approximate surface area is 147 Å². The highest BCUT2D eigenvalue weighted by atomic mass is 16.7. The fourth-order valence-corrected chi connectivity index (χ4v) is 3.54. The topological polar surface area (TPSA) is 72.4 Å². The van der Waals surface area contributed by atoms with Crippen LogP contribution in [0, 0.1) is 13.8 Å². The minimum Gasteiger partial charge on any atom is -0.355 e. The lowest BCUT2D eigenvalue weighted by Crippen LogP contribution is -2.45. The largest absolute Gasteiger partial charge is 0.355 e. The molecule has 2 saturated heterocycles. The van der Waals surface area contributed by atoms with Crippen LogP contribution in [0.5, 0.6) is 0 Å². The zero-order valence-electron chi connectivity index (χ0n) is 14.7. The standard InChI is InChI=1S/C18H23N5O2/c1-13-9-14(2)11-15(10-13)20-17-21-16(12-19-22-17)23-5-3-18(4-6-23)24-7-8-25-18/h9-12H,3-8H2,1-2H3,(H,20,21,22). The van der Waals surface area contributed by atoms with Gasteiger partial charge in [0.25, 0.3) is 0 Å². The molecule has 0 bridgehead atoms. The van der Waals surface area contributed by atoms with Crippen molar-refractivity contribution < 1.29 is 9.47 Å². The number of piperidine rings is 1. The van der Waals surface area contributed by atoms with Gasteiger partial charge in [-0.25, -0.2) is 0 Å². The number of ether oxygens (including phenoxy) is 2. The fourth-order valence-electron chi connectivity index (χ4n) is 3.54. The Hall–Kier alpha value is -2.25. The van der Waals surface area contributed by atoms with Crippen LogP contribution in [0.25, 0.3) is 0 Å². The smallest absolute Gasteiger partial charge is 0.249 e. The monoisotopic (exact) mass is 341 g/mol. The van der Waals surface area contributed by atoms with Crippen molar-refractivity contribution in [2.75, 3.05) is 36.5 Å². The van der Waals surface area contributed by atoms with Gasteiger partial charge < -0.3 is 19.7 Å². The zero-order chi connectivity index (χ0) is 17.3. The van der Waals surface area contributed by atoms with Gasteiger partial charge >= 0.3 is 0 Å². The van der Waals surface area contributed by atoms with E-state index in [2.05, 4.69) is 57.4 Å². The van der Waals surface area contributed by atoms with Crippen LogP contribution < -0.4 is 10.2 Å². The lowest BCUT2D eigenvalue weighted by atomic mass is 10.0. The molecule has 3 heterocycles. The number of nitrogens with one attached hydrogen (secondary N) is 1. The summed E-state index contributed by atoms with van der Waals surface area (Å²) in [6, 6.07) is 6.28. The third-order valence-electron chi connectivity index (χ3n) is 4.69. The van der Waals surface area contributed by atoms with E-state index in [4.69, 9.17) is 9.47 Å². The molecule has 4 rings (SSSR count). The molecule has 2 aliphatic rings. The molecule has 0 atom stereocenters. The Morgan fingerprint density at radius 2 is 1.72 bits per heavy atom. The van der Waals surface area contributed by atoms with Crippen LogP contribution in [0.1, 0.15) is 24.0 Å². The first kappa shape index (κ1) is 16.2. The normalized spacial score (nSPS) is 19.4. The number of nitrogens with zero attached hydrogens (tertiary/aromatic N) is 4. The van der Waals surface area contributed by atoms with Crippen LogP contribution in [-0.2, 0) is 9.47 Å². The Kier molecular flexibility index (Phi) is 4.27. The number of hydrogen-bond donors (Lipinski definition) is 1. The highest BCUT2D eigenvalue weighted by molar-refractivity contribution is 5.56. The van der Waals surface area contributed by atoms with Gasteiger partial charge in [0.15, 0.2) is 11.6 Å². The van der Waals surface area contributed by atoms with E-state index in [1.807, 2.05) is 0 Å². The average molecular weight is 341 g/mol. The van der Waals surface area contributed by atoms with Crippen LogP contribution in [0.2, 0.25) is 0 Å². The highest BCUT2D eigenvalue weighted by Crippen LogP contribution is 2.32. The van der Waals surface area contributed by atoms with E-state index in [0.29, 0.717) is 19.2 Å². The summed E-state index contributed by atoms with van der Waals surface area (Å²) in [6.45, 7) is 7.20. The molecule has 132 valence electrons. The maximum atomic E-state index is 5.78. The minimum atomic E-state index is -0.378. The van der Waals surface area contributed by atoms with Crippen molar-refractivity contribution in [1.29, 1.82) is 0 Å². The molecule has 2 aromatic rings. The Morgan fingerprint density at radius 1 is 1.04 bits per heavy atom. The third kappa shape index (κ3) is 3.57. The van der Waals surface area contributed by atoms with Crippen LogP contribution >= 0.6 is 0 Å². The summed E-state index contributed by atoms with van der Waals surface area (Å²) < 4.78 is 11.6. The number of aromatic nitrogens is 3. The molecule has 0 unspecified atom stereocenters. The van der Waals surface area contributed by atoms with Gasteiger partial charge in [0.1, 0.15) is 0 Å². The van der Waals surface area contributed by atoms with E-state index in [9.17, 15) is 0 Å². The average Bonchev–Trinajstić information content (AvgIpc) is 3.03. The van der Waals surface area contributed by atoms with Crippen molar-refractivity contribution in [3.8, 4) is 0 Å². The summed E-state index contributed by atoms with van der Waals surface area (Å²) >= 11 is 0. The molecule has 0 radical (unpaired) electrons. The molecular weight excluding hydrogens is 318 g/mol. The summed E-state index contributed by atoms with van der Waals surface area (Å²) in [5.41, 5.74) is 3.37. The van der Waals surface area contributed by atoms with E-state index in [-0.39, 0.29) is 5.79 Å². The lowest BCUT2D eigenvalue weighted by Gasteiger charge is -2.37. The molecule has 7 nitrogen and oxygen atoms in total. The first-order chi connectivity index (χ1) is 12.1. The van der Waals surface area contributed by atoms with Crippen LogP contribution in [0.4, 0.5) is 17.5 Å². The van der Waals surface area contributed by atoms with Crippen molar-refractivity contribution in [2.24, 2.45) is 0 Å². The van der Waals surface area contributed by atoms with Crippen molar-refractivity contribution >= 4 is 17.5 Å². The predicted octanol–water partition coefficient (Wildman–Crippen LogP) is 2.58. The minimum absolute atomic E-state index is 0.378. The van der Waals surface area contributed by atoms with E-state index in [1.54, 1.807) is 6.20 Å². The quantitative estimate of drug-likeness (QED) is 0.920. The molecule has 7 heteroatoms. The van der Waals surface area contributed by atoms with Gasteiger partial charge in [-0.15, -0.1) is 5.10 Å². The van der Waals surface area contributed by atoms with Gasteiger partial charge in [-0.1, -0.05) is 6.07 Å². The summed E-state index contributed by atoms with van der Waals surface area (Å²) in [4.78, 5) is 6.83. The van der Waals surface area contributed by atoms with Crippen molar-refractivity contribution in [2.45, 2.75) is 32.5 Å². The van der Waals surface area contributed by atoms with Crippen molar-refractivity contribution in [3.05, 3.63) is 35.5 Å². The van der Waals surface area contributed by atoms with Gasteiger partial charge in [-0.05, 0) is 37.1 Å². The lowest BCUT2D eigenvalue weighted by molar-refractivity contribution is -0.169. The molecule has 2 fully saturated rings. The molecule has 2 aliphatic heterocycles. The van der Waals surface area contributed by atoms with Gasteiger partial charge in [0.2, 0.25) is 5.95 Å². The number of hydrogen-bond acceptors (Lipinski definition) is 7. The first-order valence-electron chi connectivity index (χ1n) is 8.70. The van der Waals surface area contributed by atoms with Gasteiger partial charge in [0, 0.05) is 31.6 Å². The number of aryl methyl sites for hydroxylation is 2. The summed E-state index contributed by atoms with van der Waals surface area (Å²) in [6.07, 6.45) is 3.40. The Balaban J connectivity index is 1.46. The number of anilines is 3. The van der Waals surface area contributed by atoms with Gasteiger partial charge in [0.05, 0.1) is 19.4 Å². The van der Waals surface area contributed by atoms with Gasteiger partial charge in [-0.2, -0.15) is 10.1 Å². The molecule has 0 amide bonds. The summed E-state index contributed by atoms with van der Waals surface area (Å²) in [7, 11) is 0. The summed E-state index contributed by atoms with van der Waals surface area (Å²) in [5.74, 6) is 0.961. The molecule has 1 spiro atoms. The van der Waals surface area contributed by atoms with Crippen LogP contribution in [0.3, 0.4) is 0 Å². The van der Waals surface area contributed by atoms with E-state index < -0.39 is 0 Å². The van der Waals surface area contributed by atoms with E-state index in [0.717, 1.165) is 37.4 Å². The second-order valence-corrected chi connectivity index (χ2v) is 6.73. The zero-order valence-corrected chi connectivity index (χ0v) is 14.7. The first-order valence-corrected chi connectivity index (χ1v) is 8.70. The molecule has 1 aromatic carbocycles. The molecule has 0 aliphatic carbocycles. The van der Waals surface area contributed by atoms with E-state index in [1.165, 1.54) is 11.1 Å². The maximum absolute atomic E-state index is 5.78.